The number of hydrogen-bond acceptors (Lipinski definition) is 8. The number of halogens is 3. The lowest BCUT2D eigenvalue weighted by Crippen LogP contribution is -2.15. The lowest BCUT2D eigenvalue weighted by molar-refractivity contribution is -0.137. The summed E-state index contributed by atoms with van der Waals surface area (Å²) < 4.78 is 47.9. The fourth-order valence-electron chi connectivity index (χ4n) is 3.16. The van der Waals surface area contributed by atoms with Crippen LogP contribution in [-0.4, -0.2) is 26.6 Å². The van der Waals surface area contributed by atoms with Gasteiger partial charge in [-0.2, -0.15) is 13.2 Å². The summed E-state index contributed by atoms with van der Waals surface area (Å²) in [7, 11) is 0. The Morgan fingerprint density at radius 3 is 2.29 bits per heavy atom. The molecule has 38 heavy (non-hydrogen) atoms. The maximum Gasteiger partial charge on any atom is 0.416 e. The molecule has 0 aliphatic rings. The van der Waals surface area contributed by atoms with Crippen molar-refractivity contribution < 1.29 is 27.3 Å². The van der Waals surface area contributed by atoms with Crippen molar-refractivity contribution in [1.29, 1.82) is 0 Å². The van der Waals surface area contributed by atoms with Crippen LogP contribution in [-0.2, 0) is 22.8 Å². The van der Waals surface area contributed by atoms with Gasteiger partial charge in [0.25, 0.3) is 5.91 Å². The van der Waals surface area contributed by atoms with Gasteiger partial charge in [-0.1, -0.05) is 54.3 Å². The molecule has 0 spiro atoms. The van der Waals surface area contributed by atoms with Crippen LogP contribution in [0.2, 0.25) is 0 Å². The Bertz CT molecular complexity index is 1430. The SMILES string of the molecule is CC(C)(C)c1cc(NC(=O)Cc2ccc(NC(=O)c3nnsc3Sc3ccc(C(F)(F)F)cc3)cc2)no1. The van der Waals surface area contributed by atoms with E-state index in [9.17, 15) is 22.8 Å². The summed E-state index contributed by atoms with van der Waals surface area (Å²) in [6.45, 7) is 5.93. The van der Waals surface area contributed by atoms with Crippen molar-refractivity contribution in [2.24, 2.45) is 0 Å². The molecule has 2 aromatic carbocycles. The van der Waals surface area contributed by atoms with Crippen LogP contribution < -0.4 is 10.6 Å². The highest BCUT2D eigenvalue weighted by Gasteiger charge is 2.30. The molecule has 0 bridgehead atoms. The number of aromatic nitrogens is 3. The first kappa shape index (κ1) is 27.3. The molecule has 198 valence electrons. The first-order valence-electron chi connectivity index (χ1n) is 11.2. The van der Waals surface area contributed by atoms with E-state index in [1.807, 2.05) is 20.8 Å². The third kappa shape index (κ3) is 6.98. The quantitative estimate of drug-likeness (QED) is 0.268. The minimum Gasteiger partial charge on any atom is -0.359 e. The first-order valence-corrected chi connectivity index (χ1v) is 12.8. The van der Waals surface area contributed by atoms with Gasteiger partial charge in [0.15, 0.2) is 11.5 Å². The Morgan fingerprint density at radius 2 is 1.68 bits per heavy atom. The van der Waals surface area contributed by atoms with Crippen LogP contribution in [0.5, 0.6) is 0 Å². The van der Waals surface area contributed by atoms with Crippen LogP contribution >= 0.6 is 23.3 Å². The molecule has 0 saturated carbocycles. The summed E-state index contributed by atoms with van der Waals surface area (Å²) in [6, 6.07) is 13.0. The van der Waals surface area contributed by atoms with Gasteiger partial charge in [-0.3, -0.25) is 9.59 Å². The number of nitrogens with one attached hydrogen (secondary N) is 2. The van der Waals surface area contributed by atoms with Gasteiger partial charge in [-0.25, -0.2) is 0 Å². The van der Waals surface area contributed by atoms with Crippen molar-refractivity contribution in [3.8, 4) is 0 Å². The predicted octanol–water partition coefficient (Wildman–Crippen LogP) is 6.43. The van der Waals surface area contributed by atoms with E-state index in [2.05, 4.69) is 25.4 Å². The van der Waals surface area contributed by atoms with Gasteiger partial charge in [0, 0.05) is 22.1 Å². The van der Waals surface area contributed by atoms with Crippen molar-refractivity contribution in [3.05, 3.63) is 77.2 Å². The maximum absolute atomic E-state index is 12.8. The fourth-order valence-corrected chi connectivity index (χ4v) is 4.83. The van der Waals surface area contributed by atoms with Gasteiger partial charge in [0.2, 0.25) is 5.91 Å². The van der Waals surface area contributed by atoms with Gasteiger partial charge in [0.05, 0.1) is 12.0 Å². The average Bonchev–Trinajstić information content (AvgIpc) is 3.50. The third-order valence-electron chi connectivity index (χ3n) is 5.16. The molecule has 2 heterocycles. The van der Waals surface area contributed by atoms with E-state index < -0.39 is 17.6 Å². The molecule has 0 saturated heterocycles. The summed E-state index contributed by atoms with van der Waals surface area (Å²) in [6.07, 6.45) is -4.33. The van der Waals surface area contributed by atoms with Crippen LogP contribution in [0.4, 0.5) is 24.7 Å². The summed E-state index contributed by atoms with van der Waals surface area (Å²) in [5.74, 6) is 0.211. The number of hydrogen-bond donors (Lipinski definition) is 2. The number of anilines is 2. The zero-order valence-electron chi connectivity index (χ0n) is 20.4. The minimum absolute atomic E-state index is 0.0607. The van der Waals surface area contributed by atoms with Crippen LogP contribution in [0, 0.1) is 0 Å². The smallest absolute Gasteiger partial charge is 0.359 e. The minimum atomic E-state index is -4.42. The molecule has 8 nitrogen and oxygen atoms in total. The molecule has 4 aromatic rings. The highest BCUT2D eigenvalue weighted by atomic mass is 32.2. The lowest BCUT2D eigenvalue weighted by atomic mass is 9.93. The second kappa shape index (κ2) is 11.0. The number of alkyl halides is 3. The van der Waals surface area contributed by atoms with Crippen molar-refractivity contribution in [2.75, 3.05) is 10.6 Å². The van der Waals surface area contributed by atoms with Gasteiger partial charge in [0.1, 0.15) is 9.97 Å². The van der Waals surface area contributed by atoms with Gasteiger partial charge >= 0.3 is 6.18 Å². The first-order chi connectivity index (χ1) is 17.9. The Morgan fingerprint density at radius 1 is 1.00 bits per heavy atom. The number of benzene rings is 2. The molecule has 0 radical (unpaired) electrons. The average molecular weight is 562 g/mol. The summed E-state index contributed by atoms with van der Waals surface area (Å²) in [4.78, 5) is 25.7. The number of carbonyl (C=O) groups excluding carboxylic acids is 2. The van der Waals surface area contributed by atoms with Crippen molar-refractivity contribution in [1.82, 2.24) is 14.7 Å². The Labute approximate surface area is 224 Å². The highest BCUT2D eigenvalue weighted by Crippen LogP contribution is 2.35. The monoisotopic (exact) mass is 561 g/mol. The molecule has 2 amide bonds. The van der Waals surface area contributed by atoms with Crippen LogP contribution in [0.3, 0.4) is 0 Å². The van der Waals surface area contributed by atoms with Gasteiger partial charge in [-0.15, -0.1) is 5.10 Å². The molecule has 0 unspecified atom stereocenters. The third-order valence-corrected chi connectivity index (χ3v) is 7.04. The zero-order valence-corrected chi connectivity index (χ0v) is 22.1. The molecule has 0 atom stereocenters. The molecule has 2 aromatic heterocycles. The van der Waals surface area contributed by atoms with Crippen molar-refractivity contribution in [2.45, 2.75) is 47.9 Å². The second-order valence-corrected chi connectivity index (χ2v) is 11.3. The van der Waals surface area contributed by atoms with E-state index in [0.29, 0.717) is 31.9 Å². The number of amides is 2. The Balaban J connectivity index is 1.33. The molecular weight excluding hydrogens is 539 g/mol. The van der Waals surface area contributed by atoms with Crippen LogP contribution in [0.15, 0.2) is 68.2 Å². The van der Waals surface area contributed by atoms with E-state index in [1.54, 1.807) is 30.3 Å². The Hall–Kier alpha value is -3.71. The number of nitrogens with zero attached hydrogens (tertiary/aromatic N) is 3. The van der Waals surface area contributed by atoms with Crippen LogP contribution in [0.25, 0.3) is 0 Å². The molecule has 0 aliphatic heterocycles. The molecule has 0 fully saturated rings. The van der Waals surface area contributed by atoms with E-state index in [0.717, 1.165) is 35.4 Å². The van der Waals surface area contributed by atoms with E-state index in [4.69, 9.17) is 4.52 Å². The summed E-state index contributed by atoms with van der Waals surface area (Å²) >= 11 is 2.07. The molecular formula is C25H22F3N5O3S2. The summed E-state index contributed by atoms with van der Waals surface area (Å²) in [5.41, 5.74) is 0.270. The maximum atomic E-state index is 12.8. The largest absolute Gasteiger partial charge is 0.416 e. The van der Waals surface area contributed by atoms with Crippen LogP contribution in [0.1, 0.15) is 48.1 Å². The van der Waals surface area contributed by atoms with E-state index >= 15 is 0 Å². The molecule has 0 aliphatic carbocycles. The van der Waals surface area contributed by atoms with Gasteiger partial charge < -0.3 is 15.2 Å². The highest BCUT2D eigenvalue weighted by molar-refractivity contribution is 8.01. The molecule has 2 N–H and O–H groups in total. The van der Waals surface area contributed by atoms with Crippen molar-refractivity contribution in [3.63, 3.8) is 0 Å². The summed E-state index contributed by atoms with van der Waals surface area (Å²) in [5, 5.41) is 13.2. The number of rotatable bonds is 7. The van der Waals surface area contributed by atoms with Gasteiger partial charge in [-0.05, 0) is 53.5 Å². The normalized spacial score (nSPS) is 11.8. The van der Waals surface area contributed by atoms with E-state index in [-0.39, 0.29) is 23.4 Å². The van der Waals surface area contributed by atoms with Crippen molar-refractivity contribution >= 4 is 46.6 Å². The lowest BCUT2D eigenvalue weighted by Gasteiger charge is -2.12. The zero-order chi connectivity index (χ0) is 27.5. The topological polar surface area (TPSA) is 110 Å². The predicted molar refractivity (Wildman–Crippen MR) is 137 cm³/mol. The fraction of sp³-hybridized carbons (Fsp3) is 0.240. The standard InChI is InChI=1S/C25H22F3N5O3S2/c1-24(2,3)18-13-19(32-36-18)30-20(34)12-14-4-8-16(9-5-14)29-22(35)21-23(38-33-31-21)37-17-10-6-15(7-11-17)25(26,27)28/h4-11,13H,12H2,1-3H3,(H,29,35)(H,30,32,34). The molecule has 4 rings (SSSR count). The number of carbonyl (C=O) groups is 2. The molecule has 13 heteroatoms. The second-order valence-electron chi connectivity index (χ2n) is 9.24. The van der Waals surface area contributed by atoms with E-state index in [1.165, 1.54) is 12.1 Å². The Kier molecular flexibility index (Phi) is 7.88.